The van der Waals surface area contributed by atoms with E-state index in [4.69, 9.17) is 10.8 Å². The van der Waals surface area contributed by atoms with Gasteiger partial charge < -0.3 is 20.7 Å². The van der Waals surface area contributed by atoms with Gasteiger partial charge >= 0.3 is 0 Å². The molecule has 0 radical (unpaired) electrons. The van der Waals surface area contributed by atoms with Crippen LogP contribution in [0.3, 0.4) is 0 Å². The summed E-state index contributed by atoms with van der Waals surface area (Å²) in [5.41, 5.74) is 5.57. The van der Waals surface area contributed by atoms with Gasteiger partial charge in [-0.1, -0.05) is 0 Å². The molecule has 0 spiro atoms. The molecule has 0 aliphatic carbocycles. The summed E-state index contributed by atoms with van der Waals surface area (Å²) in [6.07, 6.45) is 0. The minimum atomic E-state index is 0.130. The highest BCUT2D eigenvalue weighted by Crippen LogP contribution is 2.12. The lowest BCUT2D eigenvalue weighted by atomic mass is 10.5. The van der Waals surface area contributed by atoms with Crippen LogP contribution in [0.2, 0.25) is 0 Å². The number of rotatable bonds is 3. The molecular formula is C7H13N3O. The molecule has 0 unspecified atom stereocenters. The largest absolute Gasteiger partial charge is 0.395 e. The SMILES string of the molecule is Cn1c(N)ccc1NCCO. The molecule has 0 aliphatic rings. The average Bonchev–Trinajstić information content (AvgIpc) is 2.31. The lowest BCUT2D eigenvalue weighted by molar-refractivity contribution is 0.311. The van der Waals surface area contributed by atoms with Crippen LogP contribution in [0.15, 0.2) is 12.1 Å². The van der Waals surface area contributed by atoms with Gasteiger partial charge in [0.25, 0.3) is 0 Å². The minimum Gasteiger partial charge on any atom is -0.395 e. The first-order valence-electron chi connectivity index (χ1n) is 3.51. The van der Waals surface area contributed by atoms with E-state index in [0.717, 1.165) is 5.82 Å². The Morgan fingerprint density at radius 3 is 2.82 bits per heavy atom. The van der Waals surface area contributed by atoms with Gasteiger partial charge in [-0.2, -0.15) is 0 Å². The third kappa shape index (κ3) is 1.65. The molecule has 62 valence electrons. The van der Waals surface area contributed by atoms with Gasteiger partial charge in [-0.05, 0) is 12.1 Å². The number of hydrogen-bond acceptors (Lipinski definition) is 3. The second-order valence-electron chi connectivity index (χ2n) is 2.35. The predicted octanol–water partition coefficient (Wildman–Crippen LogP) is 0.0115. The van der Waals surface area contributed by atoms with Crippen molar-refractivity contribution in [1.82, 2.24) is 4.57 Å². The molecule has 0 saturated carbocycles. The van der Waals surface area contributed by atoms with E-state index in [9.17, 15) is 0 Å². The third-order valence-corrected chi connectivity index (χ3v) is 1.58. The number of nitrogens with one attached hydrogen (secondary N) is 1. The summed E-state index contributed by atoms with van der Waals surface area (Å²) in [6.45, 7) is 0.683. The molecule has 0 saturated heterocycles. The highest BCUT2D eigenvalue weighted by Gasteiger charge is 1.98. The maximum atomic E-state index is 8.52. The van der Waals surface area contributed by atoms with Crippen molar-refractivity contribution in [2.45, 2.75) is 0 Å². The molecule has 1 heterocycles. The summed E-state index contributed by atoms with van der Waals surface area (Å²) in [7, 11) is 1.87. The molecule has 0 aromatic carbocycles. The number of aliphatic hydroxyl groups is 1. The van der Waals surface area contributed by atoms with Crippen LogP contribution in [0.25, 0.3) is 0 Å². The number of anilines is 2. The van der Waals surface area contributed by atoms with E-state index in [-0.39, 0.29) is 6.61 Å². The molecule has 1 aromatic heterocycles. The third-order valence-electron chi connectivity index (χ3n) is 1.58. The first-order valence-corrected chi connectivity index (χ1v) is 3.51. The summed E-state index contributed by atoms with van der Waals surface area (Å²) >= 11 is 0. The van der Waals surface area contributed by atoms with E-state index in [2.05, 4.69) is 5.32 Å². The van der Waals surface area contributed by atoms with Crippen molar-refractivity contribution in [3.05, 3.63) is 12.1 Å². The van der Waals surface area contributed by atoms with Crippen molar-refractivity contribution in [2.24, 2.45) is 7.05 Å². The summed E-state index contributed by atoms with van der Waals surface area (Å²) in [5.74, 6) is 1.64. The second kappa shape index (κ2) is 3.30. The fourth-order valence-electron chi connectivity index (χ4n) is 0.888. The Kier molecular flexibility index (Phi) is 2.38. The van der Waals surface area contributed by atoms with Crippen molar-refractivity contribution >= 4 is 11.6 Å². The number of nitrogens with two attached hydrogens (primary N) is 1. The zero-order valence-electron chi connectivity index (χ0n) is 6.54. The fourth-order valence-corrected chi connectivity index (χ4v) is 0.888. The maximum Gasteiger partial charge on any atom is 0.107 e. The van der Waals surface area contributed by atoms with Crippen molar-refractivity contribution in [1.29, 1.82) is 0 Å². The highest BCUT2D eigenvalue weighted by molar-refractivity contribution is 5.47. The molecule has 0 fully saturated rings. The van der Waals surface area contributed by atoms with E-state index in [1.54, 1.807) is 0 Å². The first kappa shape index (κ1) is 7.94. The van der Waals surface area contributed by atoms with Crippen LogP contribution in [0, 0.1) is 0 Å². The maximum absolute atomic E-state index is 8.52. The van der Waals surface area contributed by atoms with Gasteiger partial charge in [0.05, 0.1) is 6.61 Å². The van der Waals surface area contributed by atoms with Crippen LogP contribution in [-0.4, -0.2) is 22.8 Å². The zero-order valence-corrected chi connectivity index (χ0v) is 6.54. The van der Waals surface area contributed by atoms with Crippen LogP contribution < -0.4 is 11.1 Å². The molecule has 0 amide bonds. The highest BCUT2D eigenvalue weighted by atomic mass is 16.3. The minimum absolute atomic E-state index is 0.130. The lowest BCUT2D eigenvalue weighted by Gasteiger charge is -2.05. The van der Waals surface area contributed by atoms with Gasteiger partial charge in [0.1, 0.15) is 11.6 Å². The molecule has 1 aromatic rings. The molecule has 4 N–H and O–H groups in total. The van der Waals surface area contributed by atoms with Crippen LogP contribution in [0.5, 0.6) is 0 Å². The molecular weight excluding hydrogens is 142 g/mol. The Labute approximate surface area is 65.6 Å². The van der Waals surface area contributed by atoms with Gasteiger partial charge in [0, 0.05) is 13.6 Å². The summed E-state index contributed by atoms with van der Waals surface area (Å²) < 4.78 is 1.83. The number of nitrogen functional groups attached to an aromatic ring is 1. The van der Waals surface area contributed by atoms with E-state index in [0.29, 0.717) is 12.4 Å². The topological polar surface area (TPSA) is 63.2 Å². The Morgan fingerprint density at radius 2 is 2.36 bits per heavy atom. The summed E-state index contributed by atoms with van der Waals surface area (Å²) in [4.78, 5) is 0. The normalized spacial score (nSPS) is 10.0. The van der Waals surface area contributed by atoms with Gasteiger partial charge in [-0.15, -0.1) is 0 Å². The van der Waals surface area contributed by atoms with E-state index < -0.39 is 0 Å². The lowest BCUT2D eigenvalue weighted by Crippen LogP contribution is -2.09. The van der Waals surface area contributed by atoms with Crippen LogP contribution in [-0.2, 0) is 7.05 Å². The van der Waals surface area contributed by atoms with Crippen LogP contribution in [0.4, 0.5) is 11.6 Å². The Bertz CT molecular complexity index is 232. The number of nitrogens with zero attached hydrogens (tertiary/aromatic N) is 1. The Balaban J connectivity index is 2.63. The van der Waals surface area contributed by atoms with Crippen molar-refractivity contribution in [3.63, 3.8) is 0 Å². The Hall–Kier alpha value is -1.16. The molecule has 1 rings (SSSR count). The molecule has 0 atom stereocenters. The van der Waals surface area contributed by atoms with Gasteiger partial charge in [-0.25, -0.2) is 0 Å². The molecule has 11 heavy (non-hydrogen) atoms. The summed E-state index contributed by atoms with van der Waals surface area (Å²) in [5, 5.41) is 11.5. The van der Waals surface area contributed by atoms with Crippen LogP contribution in [0.1, 0.15) is 0 Å². The summed E-state index contributed by atoms with van der Waals surface area (Å²) in [6, 6.07) is 3.70. The molecule has 0 aliphatic heterocycles. The average molecular weight is 155 g/mol. The van der Waals surface area contributed by atoms with Crippen molar-refractivity contribution in [3.8, 4) is 0 Å². The fraction of sp³-hybridized carbons (Fsp3) is 0.429. The molecule has 4 nitrogen and oxygen atoms in total. The smallest absolute Gasteiger partial charge is 0.107 e. The number of hydrogen-bond donors (Lipinski definition) is 3. The van der Waals surface area contributed by atoms with Crippen molar-refractivity contribution in [2.75, 3.05) is 24.2 Å². The van der Waals surface area contributed by atoms with Crippen LogP contribution >= 0.6 is 0 Å². The van der Waals surface area contributed by atoms with E-state index in [1.807, 2.05) is 23.7 Å². The zero-order chi connectivity index (χ0) is 8.27. The number of aliphatic hydroxyl groups excluding tert-OH is 1. The number of aromatic nitrogens is 1. The van der Waals surface area contributed by atoms with Gasteiger partial charge in [0.15, 0.2) is 0 Å². The van der Waals surface area contributed by atoms with Gasteiger partial charge in [-0.3, -0.25) is 0 Å². The monoisotopic (exact) mass is 155 g/mol. The van der Waals surface area contributed by atoms with Gasteiger partial charge in [0.2, 0.25) is 0 Å². The molecule has 0 bridgehead atoms. The first-order chi connectivity index (χ1) is 5.25. The second-order valence-corrected chi connectivity index (χ2v) is 2.35. The standard InChI is InChI=1S/C7H13N3O/c1-10-6(8)2-3-7(10)9-4-5-11/h2-3,9,11H,4-5,8H2,1H3. The predicted molar refractivity (Wildman–Crippen MR) is 45.4 cm³/mol. The Morgan fingerprint density at radius 1 is 1.64 bits per heavy atom. The van der Waals surface area contributed by atoms with E-state index >= 15 is 0 Å². The van der Waals surface area contributed by atoms with E-state index in [1.165, 1.54) is 0 Å². The van der Waals surface area contributed by atoms with Crippen molar-refractivity contribution < 1.29 is 5.11 Å². The molecule has 4 heteroatoms. The quantitative estimate of drug-likeness (QED) is 0.576.